The van der Waals surface area contributed by atoms with Crippen LogP contribution in [0.4, 0.5) is 13.2 Å². The number of allylic oxidation sites excluding steroid dienone is 2. The van der Waals surface area contributed by atoms with Crippen LogP contribution in [0, 0.1) is 23.4 Å². The number of halogens is 3. The summed E-state index contributed by atoms with van der Waals surface area (Å²) in [7, 11) is 0. The largest absolute Gasteiger partial charge is 0.490 e. The summed E-state index contributed by atoms with van der Waals surface area (Å²) in [6, 6.07) is 15.7. The summed E-state index contributed by atoms with van der Waals surface area (Å²) < 4.78 is 50.4. The van der Waals surface area contributed by atoms with Gasteiger partial charge in [0.25, 0.3) is 0 Å². The highest BCUT2D eigenvalue weighted by atomic mass is 19.2. The SMILES string of the molecule is C/C=C/C1CCC(c2ccc(-c3ccc(-c4ccc(OCCCCCCCCC)c(F)c4F)cc3)cc2F)CC1. The summed E-state index contributed by atoms with van der Waals surface area (Å²) in [5.41, 5.74) is 3.15. The third-order valence-electron chi connectivity index (χ3n) is 8.26. The summed E-state index contributed by atoms with van der Waals surface area (Å²) in [6.45, 7) is 4.63. The van der Waals surface area contributed by atoms with Crippen molar-refractivity contribution in [1.82, 2.24) is 0 Å². The fourth-order valence-corrected chi connectivity index (χ4v) is 5.88. The molecule has 0 saturated heterocycles. The van der Waals surface area contributed by atoms with Gasteiger partial charge in [-0.2, -0.15) is 4.39 Å². The zero-order valence-electron chi connectivity index (χ0n) is 24.0. The minimum absolute atomic E-state index is 0.0465. The van der Waals surface area contributed by atoms with E-state index in [0.717, 1.165) is 61.6 Å². The van der Waals surface area contributed by atoms with E-state index >= 15 is 4.39 Å². The van der Waals surface area contributed by atoms with Gasteiger partial charge in [-0.25, -0.2) is 8.78 Å². The van der Waals surface area contributed by atoms with E-state index in [4.69, 9.17) is 4.74 Å². The zero-order valence-corrected chi connectivity index (χ0v) is 24.0. The second-order valence-corrected chi connectivity index (χ2v) is 11.2. The molecule has 0 radical (unpaired) electrons. The first-order valence-corrected chi connectivity index (χ1v) is 15.2. The predicted octanol–water partition coefficient (Wildman–Crippen LogP) is 11.4. The van der Waals surface area contributed by atoms with Crippen LogP contribution in [0.5, 0.6) is 5.75 Å². The second kappa shape index (κ2) is 15.1. The van der Waals surface area contributed by atoms with Crippen LogP contribution in [0.3, 0.4) is 0 Å². The molecule has 40 heavy (non-hydrogen) atoms. The molecule has 0 bridgehead atoms. The fourth-order valence-electron chi connectivity index (χ4n) is 5.88. The lowest BCUT2D eigenvalue weighted by atomic mass is 9.78. The smallest absolute Gasteiger partial charge is 0.201 e. The Balaban J connectivity index is 1.36. The van der Waals surface area contributed by atoms with Crippen LogP contribution >= 0.6 is 0 Å². The monoisotopic (exact) mass is 548 g/mol. The topological polar surface area (TPSA) is 9.23 Å². The van der Waals surface area contributed by atoms with Crippen molar-refractivity contribution in [2.24, 2.45) is 5.92 Å². The van der Waals surface area contributed by atoms with Gasteiger partial charge in [-0.1, -0.05) is 94.0 Å². The number of ether oxygens (including phenoxy) is 1. The molecule has 214 valence electrons. The van der Waals surface area contributed by atoms with Crippen LogP contribution in [0.15, 0.2) is 66.7 Å². The molecule has 0 heterocycles. The Morgan fingerprint density at radius 2 is 1.38 bits per heavy atom. The van der Waals surface area contributed by atoms with E-state index in [1.165, 1.54) is 31.7 Å². The molecule has 4 rings (SSSR count). The first-order chi connectivity index (χ1) is 19.5. The molecular formula is C36H43F3O. The summed E-state index contributed by atoms with van der Waals surface area (Å²) in [4.78, 5) is 0. The molecule has 1 nitrogen and oxygen atoms in total. The van der Waals surface area contributed by atoms with Gasteiger partial charge in [-0.15, -0.1) is 0 Å². The fraction of sp³-hybridized carbons (Fsp3) is 0.444. The number of rotatable bonds is 13. The van der Waals surface area contributed by atoms with Crippen molar-refractivity contribution in [2.75, 3.05) is 6.61 Å². The molecular weight excluding hydrogens is 505 g/mol. The maximum atomic E-state index is 15.1. The minimum atomic E-state index is -0.957. The Hall–Kier alpha value is -3.01. The summed E-state index contributed by atoms with van der Waals surface area (Å²) in [5, 5.41) is 0. The number of hydrogen-bond donors (Lipinski definition) is 0. The molecule has 1 aliphatic rings. The van der Waals surface area contributed by atoms with Gasteiger partial charge in [0, 0.05) is 5.56 Å². The summed E-state index contributed by atoms with van der Waals surface area (Å²) in [6.07, 6.45) is 16.5. The van der Waals surface area contributed by atoms with Gasteiger partial charge in [-0.3, -0.25) is 0 Å². The quantitative estimate of drug-likeness (QED) is 0.152. The van der Waals surface area contributed by atoms with Crippen molar-refractivity contribution in [3.63, 3.8) is 0 Å². The van der Waals surface area contributed by atoms with Crippen molar-refractivity contribution >= 4 is 0 Å². The van der Waals surface area contributed by atoms with Gasteiger partial charge >= 0.3 is 0 Å². The lowest BCUT2D eigenvalue weighted by Gasteiger charge is -2.27. The maximum absolute atomic E-state index is 15.1. The number of benzene rings is 3. The van der Waals surface area contributed by atoms with E-state index in [2.05, 4.69) is 26.0 Å². The van der Waals surface area contributed by atoms with Crippen molar-refractivity contribution in [1.29, 1.82) is 0 Å². The lowest BCUT2D eigenvalue weighted by Crippen LogP contribution is -2.12. The van der Waals surface area contributed by atoms with Gasteiger partial charge < -0.3 is 4.74 Å². The summed E-state index contributed by atoms with van der Waals surface area (Å²) >= 11 is 0. The number of hydrogen-bond acceptors (Lipinski definition) is 1. The normalized spacial score (nSPS) is 17.4. The first-order valence-electron chi connectivity index (χ1n) is 15.2. The zero-order chi connectivity index (χ0) is 28.3. The van der Waals surface area contributed by atoms with E-state index in [9.17, 15) is 8.78 Å². The maximum Gasteiger partial charge on any atom is 0.201 e. The Morgan fingerprint density at radius 3 is 2.05 bits per heavy atom. The molecule has 4 heteroatoms. The molecule has 0 aromatic heterocycles. The molecule has 3 aromatic carbocycles. The molecule has 0 N–H and O–H groups in total. The Morgan fingerprint density at radius 1 is 0.725 bits per heavy atom. The summed E-state index contributed by atoms with van der Waals surface area (Å²) in [5.74, 6) is -1.21. The average molecular weight is 549 g/mol. The highest BCUT2D eigenvalue weighted by molar-refractivity contribution is 5.71. The highest BCUT2D eigenvalue weighted by Crippen LogP contribution is 2.38. The standard InChI is InChI=1S/C36H43F3O/c1-3-5-6-7-8-9-10-24-40-34-23-22-32(35(38)36(34)39)29-18-16-27(17-19-29)30-20-21-31(33(37)25-30)28-14-12-26(11-4-2)13-15-28/h4,11,16-23,25-26,28H,3,5-10,12-15,24H2,1-2H3/b11-4+. The van der Waals surface area contributed by atoms with Crippen LogP contribution in [-0.4, -0.2) is 6.61 Å². The Bertz CT molecular complexity index is 1240. The van der Waals surface area contributed by atoms with Gasteiger partial charge in [0.2, 0.25) is 5.82 Å². The van der Waals surface area contributed by atoms with Crippen LogP contribution < -0.4 is 4.74 Å². The van der Waals surface area contributed by atoms with E-state index in [1.54, 1.807) is 24.3 Å². The van der Waals surface area contributed by atoms with Crippen molar-refractivity contribution in [3.8, 4) is 28.0 Å². The minimum Gasteiger partial charge on any atom is -0.490 e. The van der Waals surface area contributed by atoms with Crippen molar-refractivity contribution < 1.29 is 17.9 Å². The van der Waals surface area contributed by atoms with E-state index in [0.29, 0.717) is 18.1 Å². The molecule has 3 aromatic rings. The Kier molecular flexibility index (Phi) is 11.3. The third kappa shape index (κ3) is 7.80. The second-order valence-electron chi connectivity index (χ2n) is 11.2. The van der Waals surface area contributed by atoms with Gasteiger partial charge in [0.1, 0.15) is 5.82 Å². The molecule has 1 aliphatic carbocycles. The van der Waals surface area contributed by atoms with Gasteiger partial charge in [0.05, 0.1) is 6.61 Å². The molecule has 0 atom stereocenters. The molecule has 0 spiro atoms. The first kappa shape index (κ1) is 30.0. The van der Waals surface area contributed by atoms with Crippen molar-refractivity contribution in [2.45, 2.75) is 90.4 Å². The number of unbranched alkanes of at least 4 members (excludes halogenated alkanes) is 6. The third-order valence-corrected chi connectivity index (χ3v) is 8.26. The van der Waals surface area contributed by atoms with Crippen LogP contribution in [0.1, 0.15) is 96.0 Å². The average Bonchev–Trinajstić information content (AvgIpc) is 2.97. The Labute approximate surface area is 238 Å². The van der Waals surface area contributed by atoms with Gasteiger partial charge in [0.15, 0.2) is 11.6 Å². The van der Waals surface area contributed by atoms with Crippen molar-refractivity contribution in [3.05, 3.63) is 89.8 Å². The predicted molar refractivity (Wildman–Crippen MR) is 160 cm³/mol. The molecule has 0 aliphatic heterocycles. The van der Waals surface area contributed by atoms with E-state index < -0.39 is 11.6 Å². The van der Waals surface area contributed by atoms with Crippen LogP contribution in [0.2, 0.25) is 0 Å². The van der Waals surface area contributed by atoms with E-state index in [1.807, 2.05) is 24.3 Å². The molecule has 0 unspecified atom stereocenters. The van der Waals surface area contributed by atoms with Crippen LogP contribution in [0.25, 0.3) is 22.3 Å². The molecule has 1 fully saturated rings. The van der Waals surface area contributed by atoms with Crippen LogP contribution in [-0.2, 0) is 0 Å². The van der Waals surface area contributed by atoms with E-state index in [-0.39, 0.29) is 23.0 Å². The highest BCUT2D eigenvalue weighted by Gasteiger charge is 2.23. The lowest BCUT2D eigenvalue weighted by molar-refractivity contribution is 0.285. The molecule has 0 amide bonds. The van der Waals surface area contributed by atoms with Gasteiger partial charge in [-0.05, 0) is 91.3 Å². The molecule has 1 saturated carbocycles.